The minimum Gasteiger partial charge on any atom is -0.374 e. The van der Waals surface area contributed by atoms with Crippen molar-refractivity contribution in [3.8, 4) is 0 Å². The fourth-order valence-electron chi connectivity index (χ4n) is 1.79. The molecule has 0 bridgehead atoms. The number of fused-ring (bicyclic) bond motifs is 1. The van der Waals surface area contributed by atoms with E-state index in [0.717, 1.165) is 12.5 Å². The van der Waals surface area contributed by atoms with Crippen molar-refractivity contribution in [2.24, 2.45) is 5.92 Å². The minimum absolute atomic E-state index is 0.579. The van der Waals surface area contributed by atoms with Gasteiger partial charge >= 0.3 is 0 Å². The molecule has 1 heterocycles. The third-order valence-electron chi connectivity index (χ3n) is 2.29. The van der Waals surface area contributed by atoms with E-state index in [0.29, 0.717) is 6.10 Å². The van der Waals surface area contributed by atoms with E-state index in [1.807, 2.05) is 0 Å². The zero-order valence-corrected chi connectivity index (χ0v) is 5.55. The van der Waals surface area contributed by atoms with E-state index in [4.69, 9.17) is 4.74 Å². The van der Waals surface area contributed by atoms with Gasteiger partial charge < -0.3 is 4.74 Å². The van der Waals surface area contributed by atoms with E-state index in [1.54, 1.807) is 0 Å². The van der Waals surface area contributed by atoms with E-state index in [1.165, 1.54) is 19.3 Å². The maximum Gasteiger partial charge on any atom is 0.0651 e. The van der Waals surface area contributed by atoms with E-state index in [9.17, 15) is 0 Å². The van der Waals surface area contributed by atoms with Crippen LogP contribution in [0.5, 0.6) is 0 Å². The molecule has 0 spiro atoms. The largest absolute Gasteiger partial charge is 0.374 e. The van der Waals surface area contributed by atoms with Crippen LogP contribution in [0.25, 0.3) is 0 Å². The summed E-state index contributed by atoms with van der Waals surface area (Å²) < 4.78 is 5.52. The smallest absolute Gasteiger partial charge is 0.0651 e. The summed E-state index contributed by atoms with van der Waals surface area (Å²) in [6.07, 6.45) is 9.04. The summed E-state index contributed by atoms with van der Waals surface area (Å²) in [6, 6.07) is 0. The van der Waals surface area contributed by atoms with Crippen LogP contribution in [0.1, 0.15) is 19.3 Å². The Labute approximate surface area is 55.7 Å². The molecular weight excluding hydrogens is 112 g/mol. The second-order valence-corrected chi connectivity index (χ2v) is 2.89. The predicted octanol–water partition coefficient (Wildman–Crippen LogP) is 1.74. The van der Waals surface area contributed by atoms with Gasteiger partial charge in [-0.2, -0.15) is 0 Å². The molecule has 2 aliphatic rings. The Morgan fingerprint density at radius 3 is 3.22 bits per heavy atom. The minimum atomic E-state index is 0.579. The second-order valence-electron chi connectivity index (χ2n) is 2.89. The fourth-order valence-corrected chi connectivity index (χ4v) is 1.79. The van der Waals surface area contributed by atoms with Crippen molar-refractivity contribution in [1.29, 1.82) is 0 Å². The van der Waals surface area contributed by atoms with Crippen LogP contribution in [0.15, 0.2) is 12.2 Å². The topological polar surface area (TPSA) is 9.23 Å². The highest BCUT2D eigenvalue weighted by Crippen LogP contribution is 2.31. The third-order valence-corrected chi connectivity index (χ3v) is 2.29. The monoisotopic (exact) mass is 124 g/mol. The van der Waals surface area contributed by atoms with Crippen molar-refractivity contribution in [3.63, 3.8) is 0 Å². The molecule has 0 amide bonds. The molecule has 0 unspecified atom stereocenters. The van der Waals surface area contributed by atoms with Crippen LogP contribution in [0, 0.1) is 5.92 Å². The number of rotatable bonds is 0. The molecule has 1 heteroatoms. The Balaban J connectivity index is 2.10. The van der Waals surface area contributed by atoms with Crippen molar-refractivity contribution >= 4 is 0 Å². The van der Waals surface area contributed by atoms with Gasteiger partial charge in [-0.25, -0.2) is 0 Å². The molecule has 1 saturated carbocycles. The lowest BCUT2D eigenvalue weighted by molar-refractivity contribution is 0.0494. The SMILES string of the molecule is C1=C[C@H]2CCC[C@@H]2OC1. The summed E-state index contributed by atoms with van der Waals surface area (Å²) in [5, 5.41) is 0. The highest BCUT2D eigenvalue weighted by atomic mass is 16.5. The Hall–Kier alpha value is -0.300. The van der Waals surface area contributed by atoms with Gasteiger partial charge in [0.05, 0.1) is 12.7 Å². The molecular formula is C8H12O. The first-order chi connectivity index (χ1) is 4.47. The van der Waals surface area contributed by atoms with Crippen molar-refractivity contribution in [2.75, 3.05) is 6.61 Å². The second kappa shape index (κ2) is 2.14. The Bertz CT molecular complexity index is 129. The molecule has 2 atom stereocenters. The lowest BCUT2D eigenvalue weighted by Crippen LogP contribution is -2.20. The van der Waals surface area contributed by atoms with Gasteiger partial charge in [-0.15, -0.1) is 0 Å². The normalized spacial score (nSPS) is 40.9. The van der Waals surface area contributed by atoms with E-state index in [-0.39, 0.29) is 0 Å². The molecule has 1 fully saturated rings. The van der Waals surface area contributed by atoms with Gasteiger partial charge in [0, 0.05) is 5.92 Å². The first-order valence-corrected chi connectivity index (χ1v) is 3.75. The van der Waals surface area contributed by atoms with Gasteiger partial charge in [0.25, 0.3) is 0 Å². The zero-order valence-electron chi connectivity index (χ0n) is 5.55. The molecule has 1 nitrogen and oxygen atoms in total. The third kappa shape index (κ3) is 0.897. The van der Waals surface area contributed by atoms with Crippen molar-refractivity contribution < 1.29 is 4.74 Å². The average molecular weight is 124 g/mol. The van der Waals surface area contributed by atoms with E-state index in [2.05, 4.69) is 12.2 Å². The molecule has 0 saturated heterocycles. The molecule has 0 aromatic heterocycles. The number of ether oxygens (including phenoxy) is 1. The van der Waals surface area contributed by atoms with Crippen LogP contribution in [-0.4, -0.2) is 12.7 Å². The van der Waals surface area contributed by atoms with Gasteiger partial charge in [-0.3, -0.25) is 0 Å². The quantitative estimate of drug-likeness (QED) is 0.447. The summed E-state index contributed by atoms with van der Waals surface area (Å²) in [7, 11) is 0. The zero-order chi connectivity index (χ0) is 6.10. The van der Waals surface area contributed by atoms with Gasteiger partial charge in [-0.1, -0.05) is 18.6 Å². The summed E-state index contributed by atoms with van der Waals surface area (Å²) in [5.41, 5.74) is 0. The summed E-state index contributed by atoms with van der Waals surface area (Å²) in [4.78, 5) is 0. The molecule has 1 aliphatic heterocycles. The van der Waals surface area contributed by atoms with Crippen molar-refractivity contribution in [3.05, 3.63) is 12.2 Å². The van der Waals surface area contributed by atoms with Gasteiger partial charge in [0.15, 0.2) is 0 Å². The molecule has 9 heavy (non-hydrogen) atoms. The van der Waals surface area contributed by atoms with Crippen LogP contribution in [0.4, 0.5) is 0 Å². The standard InChI is InChI=1S/C8H12O/c1-3-7-4-2-6-9-8(7)5-1/h2,4,7-8H,1,3,5-6H2/t7-,8+/m1/s1. The van der Waals surface area contributed by atoms with Crippen molar-refractivity contribution in [2.45, 2.75) is 25.4 Å². The van der Waals surface area contributed by atoms with Gasteiger partial charge in [0.1, 0.15) is 0 Å². The molecule has 2 rings (SSSR count). The van der Waals surface area contributed by atoms with E-state index < -0.39 is 0 Å². The van der Waals surface area contributed by atoms with Crippen molar-refractivity contribution in [1.82, 2.24) is 0 Å². The highest BCUT2D eigenvalue weighted by molar-refractivity contribution is 4.99. The van der Waals surface area contributed by atoms with Crippen LogP contribution >= 0.6 is 0 Å². The lowest BCUT2D eigenvalue weighted by atomic mass is 10.0. The highest BCUT2D eigenvalue weighted by Gasteiger charge is 2.27. The average Bonchev–Trinajstić information content (AvgIpc) is 2.33. The van der Waals surface area contributed by atoms with E-state index >= 15 is 0 Å². The number of hydrogen-bond donors (Lipinski definition) is 0. The first kappa shape index (κ1) is 5.48. The van der Waals surface area contributed by atoms with Crippen LogP contribution in [0.3, 0.4) is 0 Å². The molecule has 0 aromatic carbocycles. The molecule has 50 valence electrons. The van der Waals surface area contributed by atoms with Crippen LogP contribution in [-0.2, 0) is 4.74 Å². The lowest BCUT2D eigenvalue weighted by Gasteiger charge is -2.19. The van der Waals surface area contributed by atoms with Gasteiger partial charge in [0.2, 0.25) is 0 Å². The first-order valence-electron chi connectivity index (χ1n) is 3.75. The maximum atomic E-state index is 5.52. The summed E-state index contributed by atoms with van der Waals surface area (Å²) in [5.74, 6) is 0.763. The molecule has 0 N–H and O–H groups in total. The van der Waals surface area contributed by atoms with Gasteiger partial charge in [-0.05, 0) is 12.8 Å². The molecule has 1 aliphatic carbocycles. The fraction of sp³-hybridized carbons (Fsp3) is 0.750. The van der Waals surface area contributed by atoms with Crippen LogP contribution in [0.2, 0.25) is 0 Å². The van der Waals surface area contributed by atoms with Crippen LogP contribution < -0.4 is 0 Å². The Morgan fingerprint density at radius 1 is 1.33 bits per heavy atom. The molecule has 0 aromatic rings. The summed E-state index contributed by atoms with van der Waals surface area (Å²) >= 11 is 0. The number of hydrogen-bond acceptors (Lipinski definition) is 1. The predicted molar refractivity (Wildman–Crippen MR) is 36.2 cm³/mol. The Morgan fingerprint density at radius 2 is 2.33 bits per heavy atom. The maximum absolute atomic E-state index is 5.52. The summed E-state index contributed by atoms with van der Waals surface area (Å²) in [6.45, 7) is 0.848. The Kier molecular flexibility index (Phi) is 1.31. The molecule has 0 radical (unpaired) electrons.